The van der Waals surface area contributed by atoms with E-state index in [1.807, 2.05) is 6.07 Å². The van der Waals surface area contributed by atoms with Crippen molar-refractivity contribution in [1.29, 1.82) is 0 Å². The SMILES string of the molecule is C=CC[C@@H](C)C(=O)N1C[C@H](OC(=O)N2CCCCC2)C[C@H]1C(=O)N[C@@H](CCCCNC(=O)OC(C)(C)C)C(O)c1nc2ccccc2o1. The average Bonchev–Trinajstić information content (AvgIpc) is 3.68. The van der Waals surface area contributed by atoms with Crippen LogP contribution in [0.5, 0.6) is 0 Å². The van der Waals surface area contributed by atoms with Crippen LogP contribution in [0.3, 0.4) is 0 Å². The number of piperidine rings is 1. The van der Waals surface area contributed by atoms with E-state index in [-0.39, 0.29) is 24.8 Å². The molecular formula is C35H51N5O8. The standard InChI is InChI=1S/C35H51N5O8/c1-6-14-23(2)32(43)40-22-24(46-34(45)39-19-12-7-13-20-39)21-27(40)30(42)37-26(16-10-11-18-36-33(44)48-35(3,4)5)29(41)31-38-25-15-8-9-17-28(25)47-31/h6,8-9,15,17,23-24,26-27,29,41H,1,7,10-14,16,18-22H2,2-5H3,(H,36,44)(H,37,42)/t23-,24-,26+,27+,29?/m1/s1. The summed E-state index contributed by atoms with van der Waals surface area (Å²) >= 11 is 0. The number of nitrogens with one attached hydrogen (secondary N) is 2. The van der Waals surface area contributed by atoms with Crippen molar-refractivity contribution in [1.82, 2.24) is 25.4 Å². The van der Waals surface area contributed by atoms with E-state index in [1.165, 1.54) is 4.90 Å². The summed E-state index contributed by atoms with van der Waals surface area (Å²) in [5.74, 6) is -1.08. The number of hydrogen-bond acceptors (Lipinski definition) is 9. The maximum Gasteiger partial charge on any atom is 0.410 e. The van der Waals surface area contributed by atoms with Crippen LogP contribution >= 0.6 is 0 Å². The molecule has 4 rings (SSSR count). The number of nitrogens with zero attached hydrogens (tertiary/aromatic N) is 3. The zero-order valence-corrected chi connectivity index (χ0v) is 28.6. The average molecular weight is 670 g/mol. The summed E-state index contributed by atoms with van der Waals surface area (Å²) in [5, 5.41) is 17.1. The lowest BCUT2D eigenvalue weighted by Gasteiger charge is -2.29. The number of ether oxygens (including phenoxy) is 2. The summed E-state index contributed by atoms with van der Waals surface area (Å²) < 4.78 is 16.9. The van der Waals surface area contributed by atoms with Crippen LogP contribution < -0.4 is 10.6 Å². The van der Waals surface area contributed by atoms with Gasteiger partial charge in [-0.2, -0.15) is 0 Å². The van der Waals surface area contributed by atoms with Crippen molar-refractivity contribution in [2.45, 2.75) is 109 Å². The molecule has 0 aliphatic carbocycles. The van der Waals surface area contributed by atoms with Gasteiger partial charge in [-0.3, -0.25) is 9.59 Å². The number of oxazole rings is 1. The molecular weight excluding hydrogens is 618 g/mol. The second-order valence-electron chi connectivity index (χ2n) is 13.7. The van der Waals surface area contributed by atoms with E-state index >= 15 is 0 Å². The number of fused-ring (bicyclic) bond motifs is 1. The molecule has 2 aliphatic heterocycles. The van der Waals surface area contributed by atoms with Crippen LogP contribution in [0, 0.1) is 5.92 Å². The largest absolute Gasteiger partial charge is 0.444 e. The Morgan fingerprint density at radius 2 is 1.88 bits per heavy atom. The van der Waals surface area contributed by atoms with Gasteiger partial charge in [-0.1, -0.05) is 25.1 Å². The normalized spacial score (nSPS) is 20.1. The summed E-state index contributed by atoms with van der Waals surface area (Å²) in [7, 11) is 0. The van der Waals surface area contributed by atoms with Gasteiger partial charge >= 0.3 is 12.2 Å². The number of aromatic nitrogens is 1. The van der Waals surface area contributed by atoms with Gasteiger partial charge in [-0.15, -0.1) is 6.58 Å². The molecule has 3 heterocycles. The Bertz CT molecular complexity index is 1380. The fourth-order valence-electron chi connectivity index (χ4n) is 6.07. The minimum absolute atomic E-state index is 0.0562. The minimum Gasteiger partial charge on any atom is -0.444 e. The number of amides is 4. The molecule has 1 unspecified atom stereocenters. The molecule has 2 saturated heterocycles. The molecule has 3 N–H and O–H groups in total. The van der Waals surface area contributed by atoms with Crippen molar-refractivity contribution in [2.75, 3.05) is 26.2 Å². The first-order valence-corrected chi connectivity index (χ1v) is 17.0. The Hall–Kier alpha value is -4.13. The van der Waals surface area contributed by atoms with Gasteiger partial charge in [-0.05, 0) is 77.8 Å². The third-order valence-electron chi connectivity index (χ3n) is 8.55. The molecule has 13 nitrogen and oxygen atoms in total. The Morgan fingerprint density at radius 1 is 1.15 bits per heavy atom. The molecule has 13 heteroatoms. The summed E-state index contributed by atoms with van der Waals surface area (Å²) in [6, 6.07) is 5.37. The number of alkyl carbamates (subject to hydrolysis) is 1. The van der Waals surface area contributed by atoms with Gasteiger partial charge in [0.25, 0.3) is 0 Å². The van der Waals surface area contributed by atoms with Gasteiger partial charge in [0.2, 0.25) is 17.7 Å². The third kappa shape index (κ3) is 10.2. The first kappa shape index (κ1) is 36.7. The van der Waals surface area contributed by atoms with Crippen LogP contribution in [0.4, 0.5) is 9.59 Å². The number of aliphatic hydroxyl groups is 1. The van der Waals surface area contributed by atoms with Gasteiger partial charge in [-0.25, -0.2) is 14.6 Å². The molecule has 0 bridgehead atoms. The van der Waals surface area contributed by atoms with Gasteiger partial charge in [0.1, 0.15) is 23.3 Å². The first-order valence-electron chi connectivity index (χ1n) is 17.0. The Labute approximate surface area is 282 Å². The molecule has 5 atom stereocenters. The molecule has 48 heavy (non-hydrogen) atoms. The first-order chi connectivity index (χ1) is 22.9. The lowest BCUT2D eigenvalue weighted by atomic mass is 10.0. The van der Waals surface area contributed by atoms with Gasteiger partial charge in [0.15, 0.2) is 11.7 Å². The van der Waals surface area contributed by atoms with E-state index < -0.39 is 53.9 Å². The predicted octanol–water partition coefficient (Wildman–Crippen LogP) is 4.85. The van der Waals surface area contributed by atoms with E-state index in [9.17, 15) is 24.3 Å². The highest BCUT2D eigenvalue weighted by Crippen LogP contribution is 2.28. The summed E-state index contributed by atoms with van der Waals surface area (Å²) in [5.41, 5.74) is 0.452. The highest BCUT2D eigenvalue weighted by Gasteiger charge is 2.44. The van der Waals surface area contributed by atoms with Crippen molar-refractivity contribution in [3.8, 4) is 0 Å². The third-order valence-corrected chi connectivity index (χ3v) is 8.55. The van der Waals surface area contributed by atoms with Crippen LogP contribution in [-0.4, -0.2) is 93.9 Å². The van der Waals surface area contributed by atoms with E-state index in [2.05, 4.69) is 22.2 Å². The van der Waals surface area contributed by atoms with Crippen LogP contribution in [-0.2, 0) is 19.1 Å². The van der Waals surface area contributed by atoms with Gasteiger partial charge in [0, 0.05) is 32.0 Å². The monoisotopic (exact) mass is 669 g/mol. The fourth-order valence-corrected chi connectivity index (χ4v) is 6.07. The Balaban J connectivity index is 1.47. The number of carbonyl (C=O) groups excluding carboxylic acids is 4. The van der Waals surface area contributed by atoms with Crippen LogP contribution in [0.25, 0.3) is 11.1 Å². The lowest BCUT2D eigenvalue weighted by Crippen LogP contribution is -2.51. The molecule has 4 amide bonds. The van der Waals surface area contributed by atoms with E-state index in [0.717, 1.165) is 19.3 Å². The highest BCUT2D eigenvalue weighted by molar-refractivity contribution is 5.89. The molecule has 0 radical (unpaired) electrons. The second kappa shape index (κ2) is 16.8. The minimum atomic E-state index is -1.29. The van der Waals surface area contributed by atoms with E-state index in [4.69, 9.17) is 13.9 Å². The number of benzene rings is 1. The summed E-state index contributed by atoms with van der Waals surface area (Å²) in [6.45, 7) is 12.5. The van der Waals surface area contributed by atoms with E-state index in [0.29, 0.717) is 56.4 Å². The quantitative estimate of drug-likeness (QED) is 0.200. The number of hydrogen-bond donors (Lipinski definition) is 3. The molecule has 0 saturated carbocycles. The molecule has 0 spiro atoms. The van der Waals surface area contributed by atoms with E-state index in [1.54, 1.807) is 56.9 Å². The molecule has 1 aromatic heterocycles. The number of rotatable bonds is 13. The van der Waals surface area contributed by atoms with Crippen LogP contribution in [0.1, 0.15) is 91.1 Å². The van der Waals surface area contributed by atoms with Crippen molar-refractivity contribution in [3.63, 3.8) is 0 Å². The molecule has 264 valence electrons. The molecule has 2 aromatic rings. The second-order valence-corrected chi connectivity index (χ2v) is 13.7. The topological polar surface area (TPSA) is 164 Å². The van der Waals surface area contributed by atoms with Crippen molar-refractivity contribution < 1.29 is 38.2 Å². The fraction of sp³-hybridized carbons (Fsp3) is 0.629. The van der Waals surface area contributed by atoms with Crippen molar-refractivity contribution in [2.24, 2.45) is 5.92 Å². The zero-order chi connectivity index (χ0) is 34.8. The number of likely N-dealkylation sites (tertiary alicyclic amines) is 2. The number of para-hydroxylation sites is 2. The predicted molar refractivity (Wildman–Crippen MR) is 179 cm³/mol. The lowest BCUT2D eigenvalue weighted by molar-refractivity contribution is -0.141. The molecule has 2 aliphatic rings. The van der Waals surface area contributed by atoms with Crippen molar-refractivity contribution in [3.05, 3.63) is 42.8 Å². The smallest absolute Gasteiger partial charge is 0.410 e. The number of aliphatic hydroxyl groups excluding tert-OH is 1. The van der Waals surface area contributed by atoms with Crippen LogP contribution in [0.15, 0.2) is 41.3 Å². The summed E-state index contributed by atoms with van der Waals surface area (Å²) in [6.07, 6.45) is 3.59. The maximum absolute atomic E-state index is 14.0. The zero-order valence-electron chi connectivity index (χ0n) is 28.6. The number of unbranched alkanes of at least 4 members (excludes halogenated alkanes) is 1. The Kier molecular flexibility index (Phi) is 12.9. The van der Waals surface area contributed by atoms with Gasteiger partial charge < -0.3 is 39.4 Å². The maximum atomic E-state index is 14.0. The summed E-state index contributed by atoms with van der Waals surface area (Å²) in [4.78, 5) is 60.1. The van der Waals surface area contributed by atoms with Crippen LogP contribution in [0.2, 0.25) is 0 Å². The highest BCUT2D eigenvalue weighted by atomic mass is 16.6. The number of allylic oxidation sites excluding steroid dienone is 1. The van der Waals surface area contributed by atoms with Gasteiger partial charge in [0.05, 0.1) is 12.6 Å². The molecule has 1 aromatic carbocycles. The molecule has 2 fully saturated rings. The van der Waals surface area contributed by atoms with Crippen molar-refractivity contribution >= 4 is 35.1 Å². The Morgan fingerprint density at radius 3 is 2.56 bits per heavy atom. The number of carbonyl (C=O) groups is 4.